The molecule has 0 spiro atoms. The van der Waals surface area contributed by atoms with Crippen LogP contribution in [0.2, 0.25) is 0 Å². The van der Waals surface area contributed by atoms with Gasteiger partial charge in [0.15, 0.2) is 0 Å². The van der Waals surface area contributed by atoms with Crippen molar-refractivity contribution in [2.75, 3.05) is 26.8 Å². The van der Waals surface area contributed by atoms with Crippen LogP contribution in [-0.2, 0) is 9.53 Å². The van der Waals surface area contributed by atoms with E-state index in [1.807, 2.05) is 4.90 Å². The topological polar surface area (TPSA) is 55.6 Å². The summed E-state index contributed by atoms with van der Waals surface area (Å²) in [4.78, 5) is 14.6. The molecule has 1 heterocycles. The number of amides is 1. The third-order valence-electron chi connectivity index (χ3n) is 5.17. The Morgan fingerprint density at radius 3 is 2.59 bits per heavy atom. The summed E-state index contributed by atoms with van der Waals surface area (Å²) in [5, 5.41) is 0. The van der Waals surface area contributed by atoms with Crippen molar-refractivity contribution in [3.05, 3.63) is 0 Å². The van der Waals surface area contributed by atoms with Crippen LogP contribution >= 0.6 is 0 Å². The molecule has 2 saturated carbocycles. The van der Waals surface area contributed by atoms with Crippen LogP contribution in [0.15, 0.2) is 0 Å². The highest BCUT2D eigenvalue weighted by Crippen LogP contribution is 2.47. The Hall–Kier alpha value is -0.610. The van der Waals surface area contributed by atoms with E-state index in [0.29, 0.717) is 18.4 Å². The minimum atomic E-state index is -0.213. The Bertz CT molecular complexity index is 340. The van der Waals surface area contributed by atoms with E-state index in [0.717, 1.165) is 38.8 Å². The van der Waals surface area contributed by atoms with Gasteiger partial charge in [-0.3, -0.25) is 4.79 Å². The number of fused-ring (bicyclic) bond motifs is 1. The molecular formula is C13H22N2O2. The molecule has 3 aliphatic rings. The molecule has 2 N–H and O–H groups in total. The zero-order valence-electron chi connectivity index (χ0n) is 10.6. The molecule has 3 rings (SSSR count). The molecule has 0 unspecified atom stereocenters. The molecule has 1 saturated heterocycles. The number of methoxy groups -OCH3 is 1. The molecule has 4 heteroatoms. The van der Waals surface area contributed by atoms with Gasteiger partial charge in [0, 0.05) is 25.7 Å². The number of hydrogen-bond acceptors (Lipinski definition) is 3. The maximum Gasteiger partial charge on any atom is 0.231 e. The molecule has 0 radical (unpaired) electrons. The highest BCUT2D eigenvalue weighted by atomic mass is 16.5. The Balaban J connectivity index is 1.70. The van der Waals surface area contributed by atoms with Gasteiger partial charge in [0.25, 0.3) is 0 Å². The minimum absolute atomic E-state index is 0.0618. The highest BCUT2D eigenvalue weighted by molar-refractivity contribution is 5.84. The fourth-order valence-corrected chi connectivity index (χ4v) is 3.68. The number of nitrogens with two attached hydrogens (primary N) is 1. The third-order valence-corrected chi connectivity index (χ3v) is 5.17. The molecule has 0 aromatic heterocycles. The van der Waals surface area contributed by atoms with E-state index in [1.54, 1.807) is 7.11 Å². The lowest BCUT2D eigenvalue weighted by Crippen LogP contribution is -2.55. The van der Waals surface area contributed by atoms with E-state index < -0.39 is 0 Å². The van der Waals surface area contributed by atoms with E-state index in [4.69, 9.17) is 10.5 Å². The van der Waals surface area contributed by atoms with Gasteiger partial charge in [0.05, 0.1) is 12.0 Å². The molecular weight excluding hydrogens is 216 g/mol. The standard InChI is InChI=1S/C13H22N2O2/c1-17-9-12(4-2-5-12)11(16)15-7-10-3-6-13(10,14)8-15/h10H,2-9,14H2,1H3/t10-,13-/m0/s1. The SMILES string of the molecule is COCC1(C(=O)N2C[C@@H]3CC[C@]3(N)C2)CCC1. The van der Waals surface area contributed by atoms with Crippen molar-refractivity contribution in [3.63, 3.8) is 0 Å². The lowest BCUT2D eigenvalue weighted by Gasteiger charge is -2.42. The number of rotatable bonds is 3. The van der Waals surface area contributed by atoms with Crippen molar-refractivity contribution in [3.8, 4) is 0 Å². The van der Waals surface area contributed by atoms with Crippen LogP contribution < -0.4 is 5.73 Å². The number of carbonyl (C=O) groups is 1. The quantitative estimate of drug-likeness (QED) is 0.789. The van der Waals surface area contributed by atoms with Gasteiger partial charge in [0.2, 0.25) is 5.91 Å². The normalized spacial score (nSPS) is 38.2. The second-order valence-corrected chi connectivity index (χ2v) is 6.22. The summed E-state index contributed by atoms with van der Waals surface area (Å²) in [5.41, 5.74) is 6.01. The second-order valence-electron chi connectivity index (χ2n) is 6.22. The number of likely N-dealkylation sites (tertiary alicyclic amines) is 1. The van der Waals surface area contributed by atoms with Crippen molar-refractivity contribution < 1.29 is 9.53 Å². The molecule has 0 aromatic carbocycles. The average molecular weight is 238 g/mol. The predicted octanol–water partition coefficient (Wildman–Crippen LogP) is 0.753. The summed E-state index contributed by atoms with van der Waals surface area (Å²) >= 11 is 0. The van der Waals surface area contributed by atoms with Crippen LogP contribution in [0.4, 0.5) is 0 Å². The Labute approximate surface area is 102 Å². The van der Waals surface area contributed by atoms with Gasteiger partial charge in [-0.2, -0.15) is 0 Å². The van der Waals surface area contributed by atoms with Crippen LogP contribution in [0, 0.1) is 11.3 Å². The second kappa shape index (κ2) is 3.69. The number of carbonyl (C=O) groups excluding carboxylic acids is 1. The van der Waals surface area contributed by atoms with Gasteiger partial charge >= 0.3 is 0 Å². The molecule has 4 nitrogen and oxygen atoms in total. The number of nitrogens with zero attached hydrogens (tertiary/aromatic N) is 1. The Morgan fingerprint density at radius 1 is 1.47 bits per heavy atom. The smallest absolute Gasteiger partial charge is 0.231 e. The summed E-state index contributed by atoms with van der Waals surface area (Å²) < 4.78 is 5.25. The average Bonchev–Trinajstić information content (AvgIpc) is 2.47. The molecule has 96 valence electrons. The summed E-state index contributed by atoms with van der Waals surface area (Å²) in [5.74, 6) is 0.843. The molecule has 2 aliphatic carbocycles. The van der Waals surface area contributed by atoms with E-state index in [9.17, 15) is 4.79 Å². The lowest BCUT2D eigenvalue weighted by atomic mass is 9.68. The summed E-state index contributed by atoms with van der Waals surface area (Å²) in [7, 11) is 1.69. The molecule has 0 aromatic rings. The van der Waals surface area contributed by atoms with E-state index >= 15 is 0 Å². The van der Waals surface area contributed by atoms with Gasteiger partial charge in [-0.25, -0.2) is 0 Å². The Kier molecular flexibility index (Phi) is 2.49. The lowest BCUT2D eigenvalue weighted by molar-refractivity contribution is -0.151. The largest absolute Gasteiger partial charge is 0.384 e. The van der Waals surface area contributed by atoms with E-state index in [1.165, 1.54) is 6.42 Å². The summed E-state index contributed by atoms with van der Waals surface area (Å²) in [6.45, 7) is 2.22. The van der Waals surface area contributed by atoms with Crippen molar-refractivity contribution in [1.82, 2.24) is 4.90 Å². The van der Waals surface area contributed by atoms with Crippen molar-refractivity contribution >= 4 is 5.91 Å². The van der Waals surface area contributed by atoms with Crippen LogP contribution in [0.5, 0.6) is 0 Å². The highest BCUT2D eigenvalue weighted by Gasteiger charge is 2.55. The van der Waals surface area contributed by atoms with Crippen molar-refractivity contribution in [2.45, 2.75) is 37.6 Å². The number of hydrogen-bond donors (Lipinski definition) is 1. The summed E-state index contributed by atoms with van der Waals surface area (Å²) in [6.07, 6.45) is 5.40. The van der Waals surface area contributed by atoms with E-state index in [-0.39, 0.29) is 11.0 Å². The fourth-order valence-electron chi connectivity index (χ4n) is 3.68. The maximum absolute atomic E-state index is 12.6. The molecule has 17 heavy (non-hydrogen) atoms. The van der Waals surface area contributed by atoms with Gasteiger partial charge in [-0.1, -0.05) is 6.42 Å². The predicted molar refractivity (Wildman–Crippen MR) is 64.4 cm³/mol. The maximum atomic E-state index is 12.6. The van der Waals surface area contributed by atoms with Crippen LogP contribution in [0.1, 0.15) is 32.1 Å². The van der Waals surface area contributed by atoms with Crippen LogP contribution in [0.25, 0.3) is 0 Å². The van der Waals surface area contributed by atoms with Gasteiger partial charge in [-0.05, 0) is 31.6 Å². The first kappa shape index (κ1) is 11.5. The van der Waals surface area contributed by atoms with Gasteiger partial charge in [-0.15, -0.1) is 0 Å². The Morgan fingerprint density at radius 2 is 2.24 bits per heavy atom. The summed E-state index contributed by atoms with van der Waals surface area (Å²) in [6, 6.07) is 0. The molecule has 1 aliphatic heterocycles. The van der Waals surface area contributed by atoms with Crippen molar-refractivity contribution in [1.29, 1.82) is 0 Å². The van der Waals surface area contributed by atoms with Crippen molar-refractivity contribution in [2.24, 2.45) is 17.1 Å². The zero-order chi connectivity index (χ0) is 12.1. The van der Waals surface area contributed by atoms with Crippen LogP contribution in [-0.4, -0.2) is 43.2 Å². The first-order valence-corrected chi connectivity index (χ1v) is 6.67. The molecule has 1 amide bonds. The zero-order valence-corrected chi connectivity index (χ0v) is 10.6. The molecule has 2 atom stereocenters. The van der Waals surface area contributed by atoms with Gasteiger partial charge in [0.1, 0.15) is 0 Å². The molecule has 0 bridgehead atoms. The minimum Gasteiger partial charge on any atom is -0.384 e. The van der Waals surface area contributed by atoms with Gasteiger partial charge < -0.3 is 15.4 Å². The number of ether oxygens (including phenoxy) is 1. The molecule has 3 fully saturated rings. The fraction of sp³-hybridized carbons (Fsp3) is 0.923. The first-order chi connectivity index (χ1) is 8.10. The van der Waals surface area contributed by atoms with Crippen LogP contribution in [0.3, 0.4) is 0 Å². The van der Waals surface area contributed by atoms with E-state index in [2.05, 4.69) is 0 Å². The first-order valence-electron chi connectivity index (χ1n) is 6.67. The monoisotopic (exact) mass is 238 g/mol. The third kappa shape index (κ3) is 1.54.